The number of aliphatic carboxylic acids is 1. The quantitative estimate of drug-likeness (QED) is 0.505. The molecule has 0 aromatic carbocycles. The topological polar surface area (TPSA) is 144 Å². The molecule has 0 aliphatic heterocycles. The maximum atomic E-state index is 12.6. The molecular formula is C20H37N3O8. The number of carboxylic acids is 1. The van der Waals surface area contributed by atoms with Crippen LogP contribution in [0.3, 0.4) is 0 Å². The van der Waals surface area contributed by atoms with Gasteiger partial charge in [0.05, 0.1) is 6.54 Å². The zero-order valence-electron chi connectivity index (χ0n) is 20.0. The average molecular weight is 448 g/mol. The van der Waals surface area contributed by atoms with Crippen LogP contribution in [0.4, 0.5) is 14.4 Å². The van der Waals surface area contributed by atoms with E-state index < -0.39 is 53.6 Å². The van der Waals surface area contributed by atoms with E-state index in [2.05, 4.69) is 10.6 Å². The van der Waals surface area contributed by atoms with Crippen LogP contribution in [-0.2, 0) is 19.0 Å². The molecule has 0 radical (unpaired) electrons. The molecule has 3 N–H and O–H groups in total. The van der Waals surface area contributed by atoms with Crippen LogP contribution in [0.5, 0.6) is 0 Å². The molecule has 0 saturated carbocycles. The highest BCUT2D eigenvalue weighted by molar-refractivity contribution is 5.81. The van der Waals surface area contributed by atoms with Gasteiger partial charge in [-0.3, -0.25) is 0 Å². The van der Waals surface area contributed by atoms with Gasteiger partial charge < -0.3 is 34.9 Å². The predicted molar refractivity (Wildman–Crippen MR) is 113 cm³/mol. The number of hydrogen-bond donors (Lipinski definition) is 3. The van der Waals surface area contributed by atoms with E-state index in [4.69, 9.17) is 14.2 Å². The fourth-order valence-corrected chi connectivity index (χ4v) is 2.05. The second kappa shape index (κ2) is 11.1. The minimum atomic E-state index is -1.45. The summed E-state index contributed by atoms with van der Waals surface area (Å²) in [5.74, 6) is -1.36. The molecule has 0 rings (SSSR count). The van der Waals surface area contributed by atoms with E-state index in [0.717, 1.165) is 4.90 Å². The van der Waals surface area contributed by atoms with Crippen LogP contribution in [0.1, 0.15) is 62.3 Å². The number of alkyl carbamates (subject to hydrolysis) is 2. The second-order valence-corrected chi connectivity index (χ2v) is 9.89. The lowest BCUT2D eigenvalue weighted by molar-refractivity contribution is -0.139. The third-order valence-electron chi connectivity index (χ3n) is 3.09. The largest absolute Gasteiger partial charge is 0.480 e. The Kier molecular flexibility index (Phi) is 10.1. The molecular weight excluding hydrogens is 410 g/mol. The molecule has 0 saturated heterocycles. The molecule has 0 heterocycles. The van der Waals surface area contributed by atoms with Crippen LogP contribution in [0.15, 0.2) is 0 Å². The lowest BCUT2D eigenvalue weighted by Gasteiger charge is -2.30. The van der Waals surface area contributed by atoms with Gasteiger partial charge in [-0.05, 0) is 62.3 Å². The van der Waals surface area contributed by atoms with E-state index in [0.29, 0.717) is 0 Å². The molecule has 0 fully saturated rings. The van der Waals surface area contributed by atoms with E-state index in [9.17, 15) is 24.3 Å². The van der Waals surface area contributed by atoms with E-state index in [-0.39, 0.29) is 13.1 Å². The van der Waals surface area contributed by atoms with Gasteiger partial charge in [0, 0.05) is 13.1 Å². The Labute approximate surface area is 183 Å². The summed E-state index contributed by atoms with van der Waals surface area (Å²) in [7, 11) is 0. The summed E-state index contributed by atoms with van der Waals surface area (Å²) >= 11 is 0. The van der Waals surface area contributed by atoms with Crippen LogP contribution in [0.2, 0.25) is 0 Å². The summed E-state index contributed by atoms with van der Waals surface area (Å²) in [5.41, 5.74) is -2.35. The summed E-state index contributed by atoms with van der Waals surface area (Å²) in [5, 5.41) is 14.2. The van der Waals surface area contributed by atoms with Crippen LogP contribution < -0.4 is 10.6 Å². The van der Waals surface area contributed by atoms with Gasteiger partial charge in [0.15, 0.2) is 0 Å². The molecule has 11 heteroatoms. The van der Waals surface area contributed by atoms with Gasteiger partial charge in [-0.25, -0.2) is 19.2 Å². The Hall–Kier alpha value is -2.72. The zero-order valence-corrected chi connectivity index (χ0v) is 20.0. The number of amides is 3. The normalized spacial score (nSPS) is 12.9. The summed E-state index contributed by atoms with van der Waals surface area (Å²) in [4.78, 5) is 49.1. The number of nitrogens with zero attached hydrogens (tertiary/aromatic N) is 1. The van der Waals surface area contributed by atoms with Crippen LogP contribution in [0, 0.1) is 0 Å². The van der Waals surface area contributed by atoms with Crippen molar-refractivity contribution in [2.24, 2.45) is 0 Å². The average Bonchev–Trinajstić information content (AvgIpc) is 2.47. The number of hydrogen-bond acceptors (Lipinski definition) is 7. The molecule has 31 heavy (non-hydrogen) atoms. The molecule has 3 amide bonds. The zero-order chi connectivity index (χ0) is 24.6. The summed E-state index contributed by atoms with van der Waals surface area (Å²) < 4.78 is 15.5. The molecule has 180 valence electrons. The van der Waals surface area contributed by atoms with Gasteiger partial charge in [-0.1, -0.05) is 0 Å². The highest BCUT2D eigenvalue weighted by Crippen LogP contribution is 2.11. The summed E-state index contributed by atoms with van der Waals surface area (Å²) in [6.45, 7) is 14.5. The maximum Gasteiger partial charge on any atom is 0.410 e. The first-order chi connectivity index (χ1) is 13.8. The minimum absolute atomic E-state index is 0.0209. The van der Waals surface area contributed by atoms with Crippen molar-refractivity contribution in [1.29, 1.82) is 0 Å². The maximum absolute atomic E-state index is 12.6. The van der Waals surface area contributed by atoms with Gasteiger partial charge in [0.2, 0.25) is 0 Å². The summed E-state index contributed by atoms with van der Waals surface area (Å²) in [6.07, 6.45) is -2.41. The fraction of sp³-hybridized carbons (Fsp3) is 0.800. The smallest absolute Gasteiger partial charge is 0.410 e. The Bertz CT molecular complexity index is 644. The van der Waals surface area contributed by atoms with Crippen molar-refractivity contribution >= 4 is 24.2 Å². The van der Waals surface area contributed by atoms with Crippen molar-refractivity contribution in [3.63, 3.8) is 0 Å². The van der Waals surface area contributed by atoms with Crippen molar-refractivity contribution in [3.8, 4) is 0 Å². The lowest BCUT2D eigenvalue weighted by atomic mass is 10.2. The van der Waals surface area contributed by atoms with E-state index in [1.807, 2.05) is 0 Å². The Balaban J connectivity index is 5.24. The van der Waals surface area contributed by atoms with Crippen LogP contribution >= 0.6 is 0 Å². The van der Waals surface area contributed by atoms with Crippen molar-refractivity contribution in [1.82, 2.24) is 15.5 Å². The van der Waals surface area contributed by atoms with Crippen LogP contribution in [0.25, 0.3) is 0 Å². The minimum Gasteiger partial charge on any atom is -0.480 e. The SMILES string of the molecule is CC(C)(C)OC(=O)NCCN(CC(NC(=O)OC(C)(C)C)C(=O)O)C(=O)OC(C)(C)C. The van der Waals surface area contributed by atoms with Gasteiger partial charge in [-0.2, -0.15) is 0 Å². The van der Waals surface area contributed by atoms with Crippen LogP contribution in [-0.4, -0.2) is 76.7 Å². The molecule has 1 unspecified atom stereocenters. The Morgan fingerprint density at radius 1 is 0.806 bits per heavy atom. The number of nitrogens with one attached hydrogen (secondary N) is 2. The monoisotopic (exact) mass is 447 g/mol. The lowest BCUT2D eigenvalue weighted by Crippen LogP contribution is -2.53. The van der Waals surface area contributed by atoms with Gasteiger partial charge in [0.25, 0.3) is 0 Å². The van der Waals surface area contributed by atoms with E-state index >= 15 is 0 Å². The molecule has 0 aromatic heterocycles. The molecule has 0 bridgehead atoms. The third kappa shape index (κ3) is 14.8. The molecule has 1 atom stereocenters. The highest BCUT2D eigenvalue weighted by Gasteiger charge is 2.30. The predicted octanol–water partition coefficient (Wildman–Crippen LogP) is 2.73. The van der Waals surface area contributed by atoms with Crippen molar-refractivity contribution in [2.75, 3.05) is 19.6 Å². The first-order valence-electron chi connectivity index (χ1n) is 9.96. The number of carbonyl (C=O) groups excluding carboxylic acids is 3. The van der Waals surface area contributed by atoms with Gasteiger partial charge in [0.1, 0.15) is 22.8 Å². The van der Waals surface area contributed by atoms with Crippen molar-refractivity contribution in [3.05, 3.63) is 0 Å². The fourth-order valence-electron chi connectivity index (χ4n) is 2.05. The van der Waals surface area contributed by atoms with Crippen molar-refractivity contribution in [2.45, 2.75) is 85.2 Å². The molecule has 0 aliphatic carbocycles. The van der Waals surface area contributed by atoms with E-state index in [1.165, 1.54) is 0 Å². The standard InChI is InChI=1S/C20H37N3O8/c1-18(2,3)29-15(26)21-10-11-23(17(28)31-20(7,8)9)12-13(14(24)25)22-16(27)30-19(4,5)6/h13H,10-12H2,1-9H3,(H,21,26)(H,22,27)(H,24,25). The molecule has 0 aliphatic rings. The van der Waals surface area contributed by atoms with E-state index in [1.54, 1.807) is 62.3 Å². The molecule has 0 spiro atoms. The third-order valence-corrected chi connectivity index (χ3v) is 3.09. The number of rotatable bonds is 7. The summed E-state index contributed by atoms with van der Waals surface area (Å²) in [6, 6.07) is -1.45. The first-order valence-corrected chi connectivity index (χ1v) is 9.96. The Morgan fingerprint density at radius 2 is 1.26 bits per heavy atom. The number of carbonyl (C=O) groups is 4. The first kappa shape index (κ1) is 28.3. The van der Waals surface area contributed by atoms with Gasteiger partial charge in [-0.15, -0.1) is 0 Å². The Morgan fingerprint density at radius 3 is 1.68 bits per heavy atom. The number of ether oxygens (including phenoxy) is 3. The molecule has 0 aromatic rings. The highest BCUT2D eigenvalue weighted by atomic mass is 16.6. The van der Waals surface area contributed by atoms with Gasteiger partial charge >= 0.3 is 24.2 Å². The van der Waals surface area contributed by atoms with Crippen molar-refractivity contribution < 1.29 is 38.5 Å². The molecule has 11 nitrogen and oxygen atoms in total. The number of carboxylic acid groups (broad SMARTS) is 1. The second-order valence-electron chi connectivity index (χ2n) is 9.89.